The highest BCUT2D eigenvalue weighted by molar-refractivity contribution is 5.78. The molecule has 3 aromatic rings. The zero-order chi connectivity index (χ0) is 24.0. The number of para-hydroxylation sites is 1. The van der Waals surface area contributed by atoms with E-state index in [2.05, 4.69) is 0 Å². The summed E-state index contributed by atoms with van der Waals surface area (Å²) in [6.45, 7) is 3.00. The van der Waals surface area contributed by atoms with Gasteiger partial charge in [0.2, 0.25) is 0 Å². The van der Waals surface area contributed by atoms with Crippen LogP contribution in [0.25, 0.3) is 10.9 Å². The summed E-state index contributed by atoms with van der Waals surface area (Å²) in [5, 5.41) is 11.4. The minimum absolute atomic E-state index is 0.290. The van der Waals surface area contributed by atoms with Crippen molar-refractivity contribution in [3.63, 3.8) is 0 Å². The molecule has 33 heavy (non-hydrogen) atoms. The first kappa shape index (κ1) is 23.2. The van der Waals surface area contributed by atoms with E-state index in [1.165, 1.54) is 23.9 Å². The van der Waals surface area contributed by atoms with Crippen molar-refractivity contribution in [1.29, 1.82) is 0 Å². The number of fused-ring (bicyclic) bond motifs is 2. The van der Waals surface area contributed by atoms with Crippen molar-refractivity contribution in [3.05, 3.63) is 70.0 Å². The standard InChI is InChI=1S/C25H26F3NO4/c1-23(2,19-13-17(32-3)12-16-9-11-33-22(16)19)14-24(31,25(26,27)28)15-29-10-8-21(30)18-6-4-5-7-20(18)29/h4-8,10,12-13,31H,9,11,14-15H2,1-3H3. The van der Waals surface area contributed by atoms with E-state index in [1.54, 1.807) is 44.2 Å². The third kappa shape index (κ3) is 4.19. The number of pyridine rings is 1. The minimum atomic E-state index is -4.92. The first-order valence-corrected chi connectivity index (χ1v) is 10.7. The number of hydrogen-bond donors (Lipinski definition) is 1. The van der Waals surface area contributed by atoms with Gasteiger partial charge in [-0.15, -0.1) is 0 Å². The molecule has 1 aliphatic rings. The molecule has 0 aliphatic carbocycles. The number of methoxy groups -OCH3 is 1. The molecule has 0 radical (unpaired) electrons. The minimum Gasteiger partial charge on any atom is -0.497 e. The molecule has 1 aliphatic heterocycles. The van der Waals surface area contributed by atoms with Gasteiger partial charge in [0, 0.05) is 35.2 Å². The SMILES string of the molecule is COc1cc2c(c(C(C)(C)CC(O)(Cn3ccc(=O)c4ccccc43)C(F)(F)F)c1)OCC2. The molecule has 1 unspecified atom stereocenters. The van der Waals surface area contributed by atoms with Crippen LogP contribution in [0.3, 0.4) is 0 Å². The number of hydrogen-bond acceptors (Lipinski definition) is 4. The van der Waals surface area contributed by atoms with Gasteiger partial charge < -0.3 is 19.1 Å². The smallest absolute Gasteiger partial charge is 0.418 e. The summed E-state index contributed by atoms with van der Waals surface area (Å²) in [7, 11) is 1.50. The monoisotopic (exact) mass is 461 g/mol. The van der Waals surface area contributed by atoms with Gasteiger partial charge in [0.25, 0.3) is 0 Å². The molecule has 1 atom stereocenters. The number of benzene rings is 2. The van der Waals surface area contributed by atoms with Crippen molar-refractivity contribution in [3.8, 4) is 11.5 Å². The molecule has 2 aromatic carbocycles. The maximum Gasteiger partial charge on any atom is 0.418 e. The normalized spacial score (nSPS) is 15.7. The molecule has 0 bridgehead atoms. The molecule has 8 heteroatoms. The van der Waals surface area contributed by atoms with E-state index in [9.17, 15) is 23.1 Å². The Kier molecular flexibility index (Phi) is 5.68. The number of nitrogens with zero attached hydrogens (tertiary/aromatic N) is 1. The second-order valence-electron chi connectivity index (χ2n) is 9.18. The van der Waals surface area contributed by atoms with Crippen LogP contribution >= 0.6 is 0 Å². The lowest BCUT2D eigenvalue weighted by Gasteiger charge is -2.39. The fraction of sp³-hybridized carbons (Fsp3) is 0.400. The lowest BCUT2D eigenvalue weighted by Crippen LogP contribution is -2.52. The third-order valence-corrected chi connectivity index (χ3v) is 6.30. The first-order valence-electron chi connectivity index (χ1n) is 10.7. The molecular weight excluding hydrogens is 435 g/mol. The van der Waals surface area contributed by atoms with Gasteiger partial charge in [0.15, 0.2) is 11.0 Å². The van der Waals surface area contributed by atoms with Crippen LogP contribution in [-0.2, 0) is 18.4 Å². The van der Waals surface area contributed by atoms with Crippen LogP contribution in [0.2, 0.25) is 0 Å². The van der Waals surface area contributed by atoms with Crippen LogP contribution in [0.1, 0.15) is 31.4 Å². The molecule has 176 valence electrons. The second kappa shape index (κ2) is 8.09. The van der Waals surface area contributed by atoms with Crippen LogP contribution < -0.4 is 14.9 Å². The Hall–Kier alpha value is -3.00. The maximum absolute atomic E-state index is 14.4. The molecule has 1 N–H and O–H groups in total. The highest BCUT2D eigenvalue weighted by Gasteiger charge is 2.56. The van der Waals surface area contributed by atoms with Gasteiger partial charge in [-0.2, -0.15) is 13.2 Å². The lowest BCUT2D eigenvalue weighted by molar-refractivity contribution is -0.271. The van der Waals surface area contributed by atoms with Crippen LogP contribution in [0.5, 0.6) is 11.5 Å². The zero-order valence-electron chi connectivity index (χ0n) is 18.7. The molecule has 1 aromatic heterocycles. The van der Waals surface area contributed by atoms with E-state index < -0.39 is 30.2 Å². The Bertz CT molecular complexity index is 1250. The van der Waals surface area contributed by atoms with Gasteiger partial charge in [0.05, 0.1) is 25.8 Å². The van der Waals surface area contributed by atoms with Crippen LogP contribution in [0.4, 0.5) is 13.2 Å². The van der Waals surface area contributed by atoms with E-state index in [0.717, 1.165) is 5.56 Å². The van der Waals surface area contributed by atoms with E-state index in [-0.39, 0.29) is 5.43 Å². The quantitative estimate of drug-likeness (QED) is 0.583. The van der Waals surface area contributed by atoms with E-state index in [4.69, 9.17) is 9.47 Å². The fourth-order valence-electron chi connectivity index (χ4n) is 4.65. The summed E-state index contributed by atoms with van der Waals surface area (Å²) in [5.41, 5.74) is -2.70. The van der Waals surface area contributed by atoms with Gasteiger partial charge in [0.1, 0.15) is 11.5 Å². The number of aromatic nitrogens is 1. The Morgan fingerprint density at radius 3 is 2.58 bits per heavy atom. The third-order valence-electron chi connectivity index (χ3n) is 6.30. The molecule has 0 spiro atoms. The van der Waals surface area contributed by atoms with Crippen molar-refractivity contribution in [2.24, 2.45) is 0 Å². The van der Waals surface area contributed by atoms with Crippen LogP contribution in [0.15, 0.2) is 53.5 Å². The predicted molar refractivity (Wildman–Crippen MR) is 119 cm³/mol. The second-order valence-corrected chi connectivity index (χ2v) is 9.18. The van der Waals surface area contributed by atoms with Crippen molar-refractivity contribution in [2.75, 3.05) is 13.7 Å². The molecule has 0 saturated carbocycles. The lowest BCUT2D eigenvalue weighted by atomic mass is 9.74. The summed E-state index contributed by atoms with van der Waals surface area (Å²) in [4.78, 5) is 12.2. The number of aliphatic hydroxyl groups is 1. The van der Waals surface area contributed by atoms with Crippen molar-refractivity contribution < 1.29 is 27.8 Å². The molecule has 5 nitrogen and oxygen atoms in total. The van der Waals surface area contributed by atoms with Gasteiger partial charge in [-0.05, 0) is 36.1 Å². The largest absolute Gasteiger partial charge is 0.497 e. The summed E-state index contributed by atoms with van der Waals surface area (Å²) in [5.74, 6) is 1.09. The van der Waals surface area contributed by atoms with Crippen molar-refractivity contribution in [1.82, 2.24) is 4.57 Å². The van der Waals surface area contributed by atoms with Gasteiger partial charge >= 0.3 is 6.18 Å². The Morgan fingerprint density at radius 2 is 1.88 bits per heavy atom. The summed E-state index contributed by atoms with van der Waals surface area (Å²) >= 11 is 0. The van der Waals surface area contributed by atoms with Crippen LogP contribution in [-0.4, -0.2) is 35.2 Å². The average molecular weight is 461 g/mol. The van der Waals surface area contributed by atoms with E-state index in [1.807, 2.05) is 6.07 Å². The molecular formula is C25H26F3NO4. The number of ether oxygens (including phenoxy) is 2. The van der Waals surface area contributed by atoms with Crippen molar-refractivity contribution >= 4 is 10.9 Å². The Morgan fingerprint density at radius 1 is 1.15 bits per heavy atom. The molecule has 0 fully saturated rings. The Balaban J connectivity index is 1.78. The van der Waals surface area contributed by atoms with Crippen LogP contribution in [0, 0.1) is 0 Å². The highest BCUT2D eigenvalue weighted by Crippen LogP contribution is 2.47. The van der Waals surface area contributed by atoms with E-state index >= 15 is 0 Å². The van der Waals surface area contributed by atoms with Crippen molar-refractivity contribution in [2.45, 2.75) is 50.4 Å². The molecule has 0 saturated heterocycles. The molecule has 2 heterocycles. The molecule has 4 rings (SSSR count). The average Bonchev–Trinajstić information content (AvgIpc) is 3.22. The molecule has 0 amide bonds. The zero-order valence-corrected chi connectivity index (χ0v) is 18.7. The number of halogens is 3. The summed E-state index contributed by atoms with van der Waals surface area (Å²) in [6, 6.07) is 11.1. The maximum atomic E-state index is 14.4. The topological polar surface area (TPSA) is 60.7 Å². The summed E-state index contributed by atoms with van der Waals surface area (Å²) < 4.78 is 55.4. The number of alkyl halides is 3. The number of rotatable bonds is 6. The summed E-state index contributed by atoms with van der Waals surface area (Å²) in [6.07, 6.45) is -3.60. The first-order chi connectivity index (χ1) is 15.4. The fourth-order valence-corrected chi connectivity index (χ4v) is 4.65. The highest BCUT2D eigenvalue weighted by atomic mass is 19.4. The Labute approximate surface area is 189 Å². The predicted octanol–water partition coefficient (Wildman–Crippen LogP) is 4.61. The van der Waals surface area contributed by atoms with E-state index in [0.29, 0.717) is 41.0 Å². The van der Waals surface area contributed by atoms with Gasteiger partial charge in [-0.1, -0.05) is 26.0 Å². The van der Waals surface area contributed by atoms with Gasteiger partial charge in [-0.3, -0.25) is 4.79 Å². The van der Waals surface area contributed by atoms with Gasteiger partial charge in [-0.25, -0.2) is 0 Å².